The summed E-state index contributed by atoms with van der Waals surface area (Å²) in [6.45, 7) is 1.92. The second-order valence-electron chi connectivity index (χ2n) is 5.76. The Labute approximate surface area is 145 Å². The molecule has 3 rings (SSSR count). The van der Waals surface area contributed by atoms with E-state index in [0.717, 1.165) is 11.3 Å². The molecule has 1 amide bonds. The third-order valence-electron chi connectivity index (χ3n) is 4.27. The lowest BCUT2D eigenvalue weighted by Gasteiger charge is -2.38. The maximum Gasteiger partial charge on any atom is 0.313 e. The first-order valence-corrected chi connectivity index (χ1v) is 8.02. The lowest BCUT2D eigenvalue weighted by Crippen LogP contribution is -2.44. The number of ether oxygens (including phenoxy) is 1. The number of amides is 1. The van der Waals surface area contributed by atoms with Gasteiger partial charge in [-0.05, 0) is 37.1 Å². The predicted molar refractivity (Wildman–Crippen MR) is 91.3 cm³/mol. The Balaban J connectivity index is 2.03. The Kier molecular flexibility index (Phi) is 4.53. The summed E-state index contributed by atoms with van der Waals surface area (Å²) in [5.74, 6) is -0.814. The van der Waals surface area contributed by atoms with Crippen molar-refractivity contribution in [1.29, 1.82) is 0 Å². The zero-order valence-electron chi connectivity index (χ0n) is 13.4. The largest absolute Gasteiger partial charge is 0.469 e. The van der Waals surface area contributed by atoms with Crippen LogP contribution in [0.3, 0.4) is 0 Å². The van der Waals surface area contributed by atoms with E-state index >= 15 is 0 Å². The van der Waals surface area contributed by atoms with Crippen LogP contribution in [0.4, 0.5) is 5.69 Å². The number of pyridine rings is 1. The van der Waals surface area contributed by atoms with Gasteiger partial charge < -0.3 is 9.64 Å². The molecule has 2 heterocycles. The van der Waals surface area contributed by atoms with Gasteiger partial charge in [-0.25, -0.2) is 4.98 Å². The van der Waals surface area contributed by atoms with Gasteiger partial charge in [-0.3, -0.25) is 9.59 Å². The number of halogens is 1. The minimum Gasteiger partial charge on any atom is -0.469 e. The van der Waals surface area contributed by atoms with Crippen LogP contribution in [0.25, 0.3) is 0 Å². The topological polar surface area (TPSA) is 59.5 Å². The Bertz CT molecular complexity index is 776. The standard InChI is InChI=1S/C18H17ClN2O3/c1-11-9-14(18(23)24-2)13-5-3-4-6-15(13)21(11)17(22)12-7-8-16(19)20-10-12/h3-8,10-11,14H,9H2,1-2H3. The molecule has 0 saturated carbocycles. The number of hydrogen-bond donors (Lipinski definition) is 0. The summed E-state index contributed by atoms with van der Waals surface area (Å²) < 4.78 is 4.92. The van der Waals surface area contributed by atoms with Gasteiger partial charge >= 0.3 is 5.97 Å². The lowest BCUT2D eigenvalue weighted by molar-refractivity contribution is -0.142. The fourth-order valence-electron chi connectivity index (χ4n) is 3.13. The fourth-order valence-corrected chi connectivity index (χ4v) is 3.24. The van der Waals surface area contributed by atoms with Crippen LogP contribution in [0.2, 0.25) is 5.15 Å². The van der Waals surface area contributed by atoms with Crippen molar-refractivity contribution in [1.82, 2.24) is 4.98 Å². The number of methoxy groups -OCH3 is 1. The number of benzene rings is 1. The van der Waals surface area contributed by atoms with Gasteiger partial charge in [0.15, 0.2) is 0 Å². The van der Waals surface area contributed by atoms with Crippen LogP contribution in [0.15, 0.2) is 42.6 Å². The highest BCUT2D eigenvalue weighted by Gasteiger charge is 2.37. The van der Waals surface area contributed by atoms with Gasteiger partial charge in [-0.1, -0.05) is 29.8 Å². The molecule has 2 aromatic rings. The third-order valence-corrected chi connectivity index (χ3v) is 4.49. The molecular formula is C18H17ClN2O3. The molecular weight excluding hydrogens is 328 g/mol. The number of carbonyl (C=O) groups is 2. The maximum absolute atomic E-state index is 13.0. The molecule has 1 aliphatic rings. The van der Waals surface area contributed by atoms with Crippen molar-refractivity contribution in [3.63, 3.8) is 0 Å². The molecule has 0 aliphatic carbocycles. The van der Waals surface area contributed by atoms with E-state index in [9.17, 15) is 9.59 Å². The number of aromatic nitrogens is 1. The molecule has 1 aromatic carbocycles. The van der Waals surface area contributed by atoms with E-state index in [0.29, 0.717) is 17.1 Å². The number of hydrogen-bond acceptors (Lipinski definition) is 4. The highest BCUT2D eigenvalue weighted by Crippen LogP contribution is 2.39. The molecule has 5 nitrogen and oxygen atoms in total. The molecule has 0 fully saturated rings. The summed E-state index contributed by atoms with van der Waals surface area (Å²) in [5.41, 5.74) is 1.99. The van der Waals surface area contributed by atoms with Gasteiger partial charge in [0.25, 0.3) is 5.91 Å². The predicted octanol–water partition coefficient (Wildman–Crippen LogP) is 3.43. The number of carbonyl (C=O) groups excluding carboxylic acids is 2. The molecule has 124 valence electrons. The number of rotatable bonds is 2. The summed E-state index contributed by atoms with van der Waals surface area (Å²) in [6, 6.07) is 10.5. The summed E-state index contributed by atoms with van der Waals surface area (Å²) in [7, 11) is 1.38. The van der Waals surface area contributed by atoms with Crippen molar-refractivity contribution < 1.29 is 14.3 Å². The average Bonchev–Trinajstić information content (AvgIpc) is 2.60. The maximum atomic E-state index is 13.0. The number of fused-ring (bicyclic) bond motifs is 1. The SMILES string of the molecule is COC(=O)C1CC(C)N(C(=O)c2ccc(Cl)nc2)c2ccccc21. The Morgan fingerprint density at radius 2 is 2.00 bits per heavy atom. The molecule has 6 heteroatoms. The van der Waals surface area contributed by atoms with Crippen molar-refractivity contribution >= 4 is 29.2 Å². The van der Waals surface area contributed by atoms with Crippen molar-refractivity contribution in [3.8, 4) is 0 Å². The van der Waals surface area contributed by atoms with E-state index in [1.165, 1.54) is 13.3 Å². The summed E-state index contributed by atoms with van der Waals surface area (Å²) in [6.07, 6.45) is 1.98. The quantitative estimate of drug-likeness (QED) is 0.618. The average molecular weight is 345 g/mol. The number of nitrogens with zero attached hydrogens (tertiary/aromatic N) is 2. The molecule has 0 N–H and O–H groups in total. The molecule has 0 radical (unpaired) electrons. The van der Waals surface area contributed by atoms with E-state index in [2.05, 4.69) is 4.98 Å². The van der Waals surface area contributed by atoms with Gasteiger partial charge in [0.2, 0.25) is 0 Å². The Hall–Kier alpha value is -2.40. The number of para-hydroxylation sites is 1. The van der Waals surface area contributed by atoms with Crippen molar-refractivity contribution in [2.75, 3.05) is 12.0 Å². The van der Waals surface area contributed by atoms with Crippen molar-refractivity contribution in [2.45, 2.75) is 25.3 Å². The van der Waals surface area contributed by atoms with Gasteiger partial charge in [0, 0.05) is 17.9 Å². The first-order chi connectivity index (χ1) is 11.5. The summed E-state index contributed by atoms with van der Waals surface area (Å²) in [5, 5.41) is 0.337. The normalized spacial score (nSPS) is 19.5. The van der Waals surface area contributed by atoms with Crippen LogP contribution in [0.5, 0.6) is 0 Å². The van der Waals surface area contributed by atoms with Gasteiger partial charge in [-0.15, -0.1) is 0 Å². The van der Waals surface area contributed by atoms with Gasteiger partial charge in [-0.2, -0.15) is 0 Å². The highest BCUT2D eigenvalue weighted by molar-refractivity contribution is 6.29. The first kappa shape index (κ1) is 16.5. The number of anilines is 1. The van der Waals surface area contributed by atoms with Crippen LogP contribution in [0.1, 0.15) is 35.2 Å². The monoisotopic (exact) mass is 344 g/mol. The summed E-state index contributed by atoms with van der Waals surface area (Å²) in [4.78, 5) is 30.8. The van der Waals surface area contributed by atoms with Crippen LogP contribution in [-0.4, -0.2) is 30.0 Å². The fraction of sp³-hybridized carbons (Fsp3) is 0.278. The molecule has 0 bridgehead atoms. The van der Waals surface area contributed by atoms with E-state index < -0.39 is 0 Å². The van der Waals surface area contributed by atoms with E-state index in [1.54, 1.807) is 17.0 Å². The zero-order valence-corrected chi connectivity index (χ0v) is 14.2. The van der Waals surface area contributed by atoms with Gasteiger partial charge in [0.1, 0.15) is 5.15 Å². The van der Waals surface area contributed by atoms with E-state index in [1.807, 2.05) is 31.2 Å². The lowest BCUT2D eigenvalue weighted by atomic mass is 9.85. The molecule has 0 spiro atoms. The Morgan fingerprint density at radius 1 is 1.25 bits per heavy atom. The molecule has 0 saturated heterocycles. The van der Waals surface area contributed by atoms with Crippen LogP contribution in [0, 0.1) is 0 Å². The summed E-state index contributed by atoms with van der Waals surface area (Å²) >= 11 is 5.79. The molecule has 24 heavy (non-hydrogen) atoms. The van der Waals surface area contributed by atoms with Gasteiger partial charge in [0.05, 0.1) is 18.6 Å². The second kappa shape index (κ2) is 6.61. The van der Waals surface area contributed by atoms with Crippen LogP contribution in [-0.2, 0) is 9.53 Å². The Morgan fingerprint density at radius 3 is 2.67 bits per heavy atom. The third kappa shape index (κ3) is 2.87. The smallest absolute Gasteiger partial charge is 0.313 e. The number of esters is 1. The highest BCUT2D eigenvalue weighted by atomic mass is 35.5. The molecule has 1 aromatic heterocycles. The molecule has 1 aliphatic heterocycles. The first-order valence-electron chi connectivity index (χ1n) is 7.64. The van der Waals surface area contributed by atoms with Crippen molar-refractivity contribution in [3.05, 3.63) is 58.9 Å². The second-order valence-corrected chi connectivity index (χ2v) is 6.15. The molecule has 2 atom stereocenters. The van der Waals surface area contributed by atoms with Crippen molar-refractivity contribution in [2.24, 2.45) is 0 Å². The van der Waals surface area contributed by atoms with Crippen LogP contribution >= 0.6 is 11.6 Å². The van der Waals surface area contributed by atoms with E-state index in [4.69, 9.17) is 16.3 Å². The minimum atomic E-state index is -0.367. The van der Waals surface area contributed by atoms with E-state index in [-0.39, 0.29) is 23.8 Å². The van der Waals surface area contributed by atoms with Crippen LogP contribution < -0.4 is 4.90 Å². The molecule has 2 unspecified atom stereocenters. The minimum absolute atomic E-state index is 0.146. The zero-order chi connectivity index (χ0) is 17.3.